The topological polar surface area (TPSA) is 32.9 Å². The Bertz CT molecular complexity index is 806. The fourth-order valence-electron chi connectivity index (χ4n) is 2.24. The molecule has 0 fully saturated rings. The van der Waals surface area contributed by atoms with Crippen LogP contribution in [0.25, 0.3) is 22.2 Å². The van der Waals surface area contributed by atoms with Gasteiger partial charge in [0.05, 0.1) is 11.3 Å². The Hall–Kier alpha value is -2.20. The number of aromatic nitrogens is 1. The second-order valence-electron chi connectivity index (χ2n) is 4.32. The van der Waals surface area contributed by atoms with Crippen molar-refractivity contribution in [2.24, 2.45) is 0 Å². The summed E-state index contributed by atoms with van der Waals surface area (Å²) < 4.78 is 27.7. The fraction of sp³-hybridized carbons (Fsp3) is 0. The summed E-state index contributed by atoms with van der Waals surface area (Å²) in [6.45, 7) is 0. The molecule has 0 aliphatic heterocycles. The standard InChI is InChI=1S/C15H8ClF2NO/c16-8-4-5-13-9(6-8)10(7-20)15(19-13)14-11(17)2-1-3-12(14)18/h1-7,19H. The van der Waals surface area contributed by atoms with Crippen molar-refractivity contribution < 1.29 is 13.6 Å². The molecule has 1 heterocycles. The monoisotopic (exact) mass is 291 g/mol. The van der Waals surface area contributed by atoms with E-state index in [1.165, 1.54) is 6.07 Å². The lowest BCUT2D eigenvalue weighted by molar-refractivity contribution is 0.112. The number of benzene rings is 2. The van der Waals surface area contributed by atoms with Crippen LogP contribution >= 0.6 is 11.6 Å². The first kappa shape index (κ1) is 12.8. The number of hydrogen-bond donors (Lipinski definition) is 1. The molecule has 0 aliphatic rings. The number of halogens is 3. The van der Waals surface area contributed by atoms with Gasteiger partial charge in [0, 0.05) is 21.5 Å². The number of fused-ring (bicyclic) bond motifs is 1. The molecule has 0 saturated heterocycles. The molecule has 0 bridgehead atoms. The summed E-state index contributed by atoms with van der Waals surface area (Å²) in [4.78, 5) is 14.2. The van der Waals surface area contributed by atoms with E-state index in [9.17, 15) is 13.6 Å². The molecule has 2 aromatic carbocycles. The van der Waals surface area contributed by atoms with Crippen LogP contribution in [0.1, 0.15) is 10.4 Å². The van der Waals surface area contributed by atoms with Crippen LogP contribution < -0.4 is 0 Å². The molecule has 1 aromatic heterocycles. The minimum atomic E-state index is -0.731. The number of carbonyl (C=O) groups is 1. The van der Waals surface area contributed by atoms with Gasteiger partial charge in [-0.1, -0.05) is 17.7 Å². The van der Waals surface area contributed by atoms with Crippen molar-refractivity contribution in [2.75, 3.05) is 0 Å². The summed E-state index contributed by atoms with van der Waals surface area (Å²) in [7, 11) is 0. The van der Waals surface area contributed by atoms with Crippen LogP contribution in [0.5, 0.6) is 0 Å². The van der Waals surface area contributed by atoms with Crippen LogP contribution in [0.4, 0.5) is 8.78 Å². The van der Waals surface area contributed by atoms with E-state index in [1.54, 1.807) is 18.2 Å². The molecule has 0 amide bonds. The van der Waals surface area contributed by atoms with Crippen molar-refractivity contribution in [1.82, 2.24) is 4.98 Å². The molecule has 100 valence electrons. The molecule has 3 rings (SSSR count). The van der Waals surface area contributed by atoms with Gasteiger partial charge in [-0.2, -0.15) is 0 Å². The van der Waals surface area contributed by atoms with Gasteiger partial charge in [-0.3, -0.25) is 4.79 Å². The Labute approximate surface area is 118 Å². The smallest absolute Gasteiger partial charge is 0.152 e. The van der Waals surface area contributed by atoms with E-state index in [0.717, 1.165) is 12.1 Å². The first-order valence-electron chi connectivity index (χ1n) is 5.82. The summed E-state index contributed by atoms with van der Waals surface area (Å²) >= 11 is 5.89. The Morgan fingerprint density at radius 1 is 1.10 bits per heavy atom. The summed E-state index contributed by atoms with van der Waals surface area (Å²) in [5.41, 5.74) is 0.649. The second kappa shape index (κ2) is 4.72. The number of H-pyrrole nitrogens is 1. The molecule has 0 radical (unpaired) electrons. The van der Waals surface area contributed by atoms with E-state index < -0.39 is 11.6 Å². The molecule has 0 unspecified atom stereocenters. The zero-order valence-electron chi connectivity index (χ0n) is 10.1. The van der Waals surface area contributed by atoms with Crippen molar-refractivity contribution in [3.63, 3.8) is 0 Å². The van der Waals surface area contributed by atoms with Gasteiger partial charge in [0.15, 0.2) is 6.29 Å². The third-order valence-corrected chi connectivity index (χ3v) is 3.37. The summed E-state index contributed by atoms with van der Waals surface area (Å²) in [5.74, 6) is -1.46. The third kappa shape index (κ3) is 1.89. The molecule has 1 N–H and O–H groups in total. The van der Waals surface area contributed by atoms with Crippen LogP contribution in [-0.4, -0.2) is 11.3 Å². The normalized spacial score (nSPS) is 10.9. The molecule has 3 aromatic rings. The average molecular weight is 292 g/mol. The number of rotatable bonds is 2. The number of nitrogens with one attached hydrogen (secondary N) is 1. The Morgan fingerprint density at radius 2 is 1.80 bits per heavy atom. The predicted molar refractivity (Wildman–Crippen MR) is 74.0 cm³/mol. The molecule has 0 spiro atoms. The SMILES string of the molecule is O=Cc1c(-c2c(F)cccc2F)[nH]c2ccc(Cl)cc12. The third-order valence-electron chi connectivity index (χ3n) is 3.13. The van der Waals surface area contributed by atoms with Gasteiger partial charge in [-0.15, -0.1) is 0 Å². The van der Waals surface area contributed by atoms with Crippen LogP contribution in [0.15, 0.2) is 36.4 Å². The molecule has 0 saturated carbocycles. The van der Waals surface area contributed by atoms with Crippen molar-refractivity contribution in [3.8, 4) is 11.3 Å². The van der Waals surface area contributed by atoms with Crippen LogP contribution in [-0.2, 0) is 0 Å². The van der Waals surface area contributed by atoms with Crippen LogP contribution in [0, 0.1) is 11.6 Å². The van der Waals surface area contributed by atoms with E-state index in [-0.39, 0.29) is 16.8 Å². The highest BCUT2D eigenvalue weighted by atomic mass is 35.5. The predicted octanol–water partition coefficient (Wildman–Crippen LogP) is 4.58. The summed E-state index contributed by atoms with van der Waals surface area (Å²) in [6, 6.07) is 8.44. The van der Waals surface area contributed by atoms with Gasteiger partial charge in [0.1, 0.15) is 11.6 Å². The Morgan fingerprint density at radius 3 is 2.45 bits per heavy atom. The zero-order valence-corrected chi connectivity index (χ0v) is 10.8. The minimum absolute atomic E-state index is 0.118. The maximum absolute atomic E-state index is 13.9. The van der Waals surface area contributed by atoms with Crippen molar-refractivity contribution in [3.05, 3.63) is 58.6 Å². The lowest BCUT2D eigenvalue weighted by Crippen LogP contribution is -1.93. The first-order chi connectivity index (χ1) is 9.61. The highest BCUT2D eigenvalue weighted by Crippen LogP contribution is 2.33. The second-order valence-corrected chi connectivity index (χ2v) is 4.75. The van der Waals surface area contributed by atoms with E-state index in [2.05, 4.69) is 4.98 Å². The lowest BCUT2D eigenvalue weighted by Gasteiger charge is -2.03. The first-order valence-corrected chi connectivity index (χ1v) is 6.20. The highest BCUT2D eigenvalue weighted by Gasteiger charge is 2.19. The van der Waals surface area contributed by atoms with Gasteiger partial charge in [0.25, 0.3) is 0 Å². The van der Waals surface area contributed by atoms with Crippen LogP contribution in [0.3, 0.4) is 0 Å². The van der Waals surface area contributed by atoms with Gasteiger partial charge < -0.3 is 4.98 Å². The van der Waals surface area contributed by atoms with E-state index in [1.807, 2.05) is 0 Å². The number of carbonyl (C=O) groups excluding carboxylic acids is 1. The number of hydrogen-bond acceptors (Lipinski definition) is 1. The maximum atomic E-state index is 13.9. The largest absolute Gasteiger partial charge is 0.354 e. The number of aromatic amines is 1. The summed E-state index contributed by atoms with van der Waals surface area (Å²) in [6.07, 6.45) is 0.566. The van der Waals surface area contributed by atoms with Crippen molar-refractivity contribution in [2.45, 2.75) is 0 Å². The van der Waals surface area contributed by atoms with E-state index >= 15 is 0 Å². The Balaban J connectivity index is 2.40. The number of aldehydes is 1. The van der Waals surface area contributed by atoms with Gasteiger partial charge in [0.2, 0.25) is 0 Å². The molecule has 5 heteroatoms. The van der Waals surface area contributed by atoms with Gasteiger partial charge in [-0.05, 0) is 30.3 Å². The maximum Gasteiger partial charge on any atom is 0.152 e. The molecule has 0 atom stereocenters. The van der Waals surface area contributed by atoms with Crippen molar-refractivity contribution in [1.29, 1.82) is 0 Å². The summed E-state index contributed by atoms with van der Waals surface area (Å²) in [5, 5.41) is 0.977. The molecular weight excluding hydrogens is 284 g/mol. The highest BCUT2D eigenvalue weighted by molar-refractivity contribution is 6.31. The van der Waals surface area contributed by atoms with E-state index in [4.69, 9.17) is 11.6 Å². The average Bonchev–Trinajstić information content (AvgIpc) is 2.76. The molecule has 2 nitrogen and oxygen atoms in total. The lowest BCUT2D eigenvalue weighted by atomic mass is 10.1. The Kier molecular flexibility index (Phi) is 3.03. The zero-order chi connectivity index (χ0) is 14.3. The fourth-order valence-corrected chi connectivity index (χ4v) is 2.41. The molecular formula is C15H8ClF2NO. The molecule has 20 heavy (non-hydrogen) atoms. The van der Waals surface area contributed by atoms with Gasteiger partial charge >= 0.3 is 0 Å². The van der Waals surface area contributed by atoms with E-state index in [0.29, 0.717) is 22.2 Å². The van der Waals surface area contributed by atoms with Gasteiger partial charge in [-0.25, -0.2) is 8.78 Å². The van der Waals surface area contributed by atoms with Crippen molar-refractivity contribution >= 4 is 28.8 Å². The minimum Gasteiger partial charge on any atom is -0.354 e. The molecule has 0 aliphatic carbocycles. The van der Waals surface area contributed by atoms with Crippen LogP contribution in [0.2, 0.25) is 5.02 Å². The quantitative estimate of drug-likeness (QED) is 0.689.